The summed E-state index contributed by atoms with van der Waals surface area (Å²) < 4.78 is 15.0. The van der Waals surface area contributed by atoms with Gasteiger partial charge >= 0.3 is 14.8 Å². The maximum Gasteiger partial charge on any atom is 0.497 e. The van der Waals surface area contributed by atoms with Gasteiger partial charge in [-0.15, -0.1) is 0 Å². The van der Waals surface area contributed by atoms with E-state index in [-0.39, 0.29) is 5.97 Å². The standard InChI is InChI=1S/C15H32O5Si/c1-15(16)20-13-11-9-7-5-4-6-8-10-12-14-21(17,18-2)19-3/h17H,4-14H2,1-3H3. The Labute approximate surface area is 130 Å². The van der Waals surface area contributed by atoms with E-state index < -0.39 is 8.80 Å². The molecule has 0 rings (SSSR count). The van der Waals surface area contributed by atoms with Crippen molar-refractivity contribution in [3.8, 4) is 0 Å². The van der Waals surface area contributed by atoms with E-state index in [9.17, 15) is 9.59 Å². The zero-order valence-corrected chi connectivity index (χ0v) is 14.9. The maximum atomic E-state index is 10.6. The van der Waals surface area contributed by atoms with Gasteiger partial charge in [0.15, 0.2) is 0 Å². The summed E-state index contributed by atoms with van der Waals surface area (Å²) in [5, 5.41) is 0. The molecule has 0 radical (unpaired) electrons. The second-order valence-corrected chi connectivity index (χ2v) is 8.13. The zero-order chi connectivity index (χ0) is 16.0. The van der Waals surface area contributed by atoms with Gasteiger partial charge in [0.2, 0.25) is 0 Å². The van der Waals surface area contributed by atoms with Crippen molar-refractivity contribution in [3.63, 3.8) is 0 Å². The molecule has 0 aliphatic rings. The van der Waals surface area contributed by atoms with Gasteiger partial charge in [-0.25, -0.2) is 0 Å². The van der Waals surface area contributed by atoms with Crippen LogP contribution in [0.2, 0.25) is 6.04 Å². The maximum absolute atomic E-state index is 10.6. The molecule has 0 heterocycles. The van der Waals surface area contributed by atoms with Crippen LogP contribution in [0.1, 0.15) is 64.7 Å². The predicted octanol–water partition coefficient (Wildman–Crippen LogP) is 3.28. The van der Waals surface area contributed by atoms with Crippen molar-refractivity contribution in [1.82, 2.24) is 0 Å². The Bertz CT molecular complexity index is 256. The monoisotopic (exact) mass is 320 g/mol. The number of ether oxygens (including phenoxy) is 1. The average Bonchev–Trinajstić information content (AvgIpc) is 2.47. The Hall–Kier alpha value is -0.433. The Balaban J connectivity index is 3.21. The van der Waals surface area contributed by atoms with Crippen LogP contribution in [-0.2, 0) is 18.4 Å². The normalized spacial score (nSPS) is 11.6. The van der Waals surface area contributed by atoms with Crippen LogP contribution >= 0.6 is 0 Å². The first-order chi connectivity index (χ1) is 10.0. The summed E-state index contributed by atoms with van der Waals surface area (Å²) in [5.74, 6) is -0.188. The molecule has 0 atom stereocenters. The number of unbranched alkanes of at least 4 members (excludes halogenated alkanes) is 8. The lowest BCUT2D eigenvalue weighted by molar-refractivity contribution is -0.141. The molecular weight excluding hydrogens is 288 g/mol. The van der Waals surface area contributed by atoms with Gasteiger partial charge in [-0.3, -0.25) is 4.79 Å². The lowest BCUT2D eigenvalue weighted by atomic mass is 10.1. The molecule has 0 aromatic heterocycles. The van der Waals surface area contributed by atoms with E-state index >= 15 is 0 Å². The third-order valence-corrected chi connectivity index (χ3v) is 5.84. The van der Waals surface area contributed by atoms with Crippen LogP contribution in [0, 0.1) is 0 Å². The third kappa shape index (κ3) is 13.0. The molecule has 5 nitrogen and oxygen atoms in total. The van der Waals surface area contributed by atoms with Crippen molar-refractivity contribution in [1.29, 1.82) is 0 Å². The lowest BCUT2D eigenvalue weighted by Gasteiger charge is -2.19. The third-order valence-electron chi connectivity index (χ3n) is 3.58. The fourth-order valence-corrected chi connectivity index (χ4v) is 3.46. The van der Waals surface area contributed by atoms with Crippen molar-refractivity contribution in [3.05, 3.63) is 0 Å². The second kappa shape index (κ2) is 13.2. The van der Waals surface area contributed by atoms with Gasteiger partial charge in [0.1, 0.15) is 0 Å². The molecular formula is C15H32O5Si. The van der Waals surface area contributed by atoms with Crippen LogP contribution in [0.15, 0.2) is 0 Å². The molecule has 0 saturated heterocycles. The summed E-state index contributed by atoms with van der Waals surface area (Å²) in [4.78, 5) is 20.4. The first-order valence-electron chi connectivity index (χ1n) is 8.00. The van der Waals surface area contributed by atoms with Gasteiger partial charge in [0.25, 0.3) is 0 Å². The van der Waals surface area contributed by atoms with E-state index in [4.69, 9.17) is 13.6 Å². The predicted molar refractivity (Wildman–Crippen MR) is 85.0 cm³/mol. The van der Waals surface area contributed by atoms with Gasteiger partial charge in [0, 0.05) is 27.2 Å². The van der Waals surface area contributed by atoms with Crippen molar-refractivity contribution < 1.29 is 23.2 Å². The quantitative estimate of drug-likeness (QED) is 0.302. The molecule has 0 bridgehead atoms. The number of esters is 1. The van der Waals surface area contributed by atoms with Crippen LogP contribution in [-0.4, -0.2) is 40.4 Å². The fourth-order valence-electron chi connectivity index (χ4n) is 2.19. The van der Waals surface area contributed by atoms with Gasteiger partial charge in [-0.2, -0.15) is 0 Å². The van der Waals surface area contributed by atoms with Crippen molar-refractivity contribution >= 4 is 14.8 Å². The number of rotatable bonds is 14. The van der Waals surface area contributed by atoms with Gasteiger partial charge in [-0.1, -0.05) is 44.9 Å². The van der Waals surface area contributed by atoms with Crippen molar-refractivity contribution in [2.45, 2.75) is 70.8 Å². The minimum absolute atomic E-state index is 0.188. The molecule has 0 aromatic rings. The molecule has 0 saturated carbocycles. The number of carbonyl (C=O) groups excluding carboxylic acids is 1. The summed E-state index contributed by atoms with van der Waals surface area (Å²) in [5.41, 5.74) is 0. The first-order valence-corrected chi connectivity index (χ1v) is 9.97. The second-order valence-electron chi connectivity index (χ2n) is 5.39. The molecule has 0 aromatic carbocycles. The highest BCUT2D eigenvalue weighted by atomic mass is 28.4. The molecule has 0 spiro atoms. The summed E-state index contributed by atoms with van der Waals surface area (Å²) >= 11 is 0. The average molecular weight is 321 g/mol. The summed E-state index contributed by atoms with van der Waals surface area (Å²) in [6.07, 6.45) is 10.3. The summed E-state index contributed by atoms with van der Waals surface area (Å²) in [7, 11) is 0.187. The van der Waals surface area contributed by atoms with Crippen molar-refractivity contribution in [2.24, 2.45) is 0 Å². The smallest absolute Gasteiger partial charge is 0.466 e. The van der Waals surface area contributed by atoms with Crippen molar-refractivity contribution in [2.75, 3.05) is 20.8 Å². The van der Waals surface area contributed by atoms with Gasteiger partial charge < -0.3 is 18.4 Å². The Morgan fingerprint density at radius 1 is 0.857 bits per heavy atom. The van der Waals surface area contributed by atoms with E-state index in [0.717, 1.165) is 25.7 Å². The molecule has 6 heteroatoms. The van der Waals surface area contributed by atoms with E-state index in [1.807, 2.05) is 0 Å². The Kier molecular flexibility index (Phi) is 13.0. The minimum Gasteiger partial charge on any atom is -0.466 e. The summed E-state index contributed by atoms with van der Waals surface area (Å²) in [6.45, 7) is 2.00. The Morgan fingerprint density at radius 3 is 1.71 bits per heavy atom. The highest BCUT2D eigenvalue weighted by molar-refractivity contribution is 6.59. The van der Waals surface area contributed by atoms with E-state index in [1.54, 1.807) is 0 Å². The van der Waals surface area contributed by atoms with Gasteiger partial charge in [0.05, 0.1) is 6.61 Å². The minimum atomic E-state index is -2.84. The van der Waals surface area contributed by atoms with Crippen LogP contribution in [0.5, 0.6) is 0 Å². The number of carbonyl (C=O) groups is 1. The SMILES string of the molecule is CO[Si](O)(CCCCCCCCCCCOC(C)=O)OC. The molecule has 0 aliphatic carbocycles. The molecule has 0 fully saturated rings. The van der Waals surface area contributed by atoms with Crippen LogP contribution in [0.25, 0.3) is 0 Å². The number of hydrogen-bond donors (Lipinski definition) is 1. The van der Waals surface area contributed by atoms with Crippen LogP contribution in [0.3, 0.4) is 0 Å². The Morgan fingerprint density at radius 2 is 1.29 bits per heavy atom. The highest BCUT2D eigenvalue weighted by Gasteiger charge is 2.32. The molecule has 0 unspecified atom stereocenters. The fraction of sp³-hybridized carbons (Fsp3) is 0.933. The zero-order valence-electron chi connectivity index (χ0n) is 13.9. The number of hydrogen-bond acceptors (Lipinski definition) is 5. The van der Waals surface area contributed by atoms with Crippen LogP contribution in [0.4, 0.5) is 0 Å². The lowest BCUT2D eigenvalue weighted by Crippen LogP contribution is -2.39. The van der Waals surface area contributed by atoms with E-state index in [2.05, 4.69) is 0 Å². The first kappa shape index (κ1) is 20.6. The van der Waals surface area contributed by atoms with E-state index in [0.29, 0.717) is 12.7 Å². The van der Waals surface area contributed by atoms with E-state index in [1.165, 1.54) is 53.2 Å². The van der Waals surface area contributed by atoms with Crippen LogP contribution < -0.4 is 0 Å². The highest BCUT2D eigenvalue weighted by Crippen LogP contribution is 2.15. The topological polar surface area (TPSA) is 65.0 Å². The molecule has 21 heavy (non-hydrogen) atoms. The largest absolute Gasteiger partial charge is 0.497 e. The molecule has 0 aliphatic heterocycles. The molecule has 126 valence electrons. The molecule has 1 N–H and O–H groups in total. The van der Waals surface area contributed by atoms with Gasteiger partial charge in [-0.05, 0) is 12.8 Å². The molecule has 0 amide bonds. The summed E-state index contributed by atoms with van der Waals surface area (Å²) in [6, 6.07) is 0.649.